The first kappa shape index (κ1) is 22.0. The van der Waals surface area contributed by atoms with Gasteiger partial charge in [0.1, 0.15) is 22.8 Å². The Hall–Kier alpha value is -3.17. The van der Waals surface area contributed by atoms with E-state index in [1.165, 1.54) is 0 Å². The molecular weight excluding hydrogens is 434 g/mol. The van der Waals surface area contributed by atoms with E-state index in [4.69, 9.17) is 20.6 Å². The lowest BCUT2D eigenvalue weighted by Gasteiger charge is -2.34. The van der Waals surface area contributed by atoms with Crippen molar-refractivity contribution < 1.29 is 18.6 Å². The molecule has 0 saturated carbocycles. The van der Waals surface area contributed by atoms with Crippen LogP contribution in [0.25, 0.3) is 11.3 Å². The van der Waals surface area contributed by atoms with E-state index in [-0.39, 0.29) is 11.8 Å². The summed E-state index contributed by atoms with van der Waals surface area (Å²) in [4.78, 5) is 29.3. The van der Waals surface area contributed by atoms with Crippen LogP contribution in [0.1, 0.15) is 32.4 Å². The molecule has 0 spiro atoms. The predicted octanol–water partition coefficient (Wildman–Crippen LogP) is 2.79. The number of rotatable bonds is 6. The maximum absolute atomic E-state index is 12.8. The number of nitrogens with zero attached hydrogens (tertiary/aromatic N) is 4. The molecule has 0 aliphatic carbocycles. The van der Waals surface area contributed by atoms with Crippen molar-refractivity contribution in [1.29, 1.82) is 0 Å². The van der Waals surface area contributed by atoms with Crippen LogP contribution in [-0.2, 0) is 0 Å². The number of benzene rings is 1. The van der Waals surface area contributed by atoms with E-state index in [0.29, 0.717) is 65.2 Å². The average Bonchev–Trinajstić information content (AvgIpc) is 3.39. The minimum Gasteiger partial charge on any atom is -0.361 e. The number of aryl methyl sites for hydroxylation is 2. The Bertz CT molecular complexity index is 1120. The highest BCUT2D eigenvalue weighted by molar-refractivity contribution is 6.33. The summed E-state index contributed by atoms with van der Waals surface area (Å²) in [5, 5.41) is 11.3. The Morgan fingerprint density at radius 1 is 1.09 bits per heavy atom. The van der Waals surface area contributed by atoms with Gasteiger partial charge < -0.3 is 19.3 Å². The molecule has 3 heterocycles. The van der Waals surface area contributed by atoms with Crippen LogP contribution < -0.4 is 5.32 Å². The number of amides is 2. The molecule has 0 bridgehead atoms. The molecule has 4 rings (SSSR count). The van der Waals surface area contributed by atoms with Gasteiger partial charge in [-0.15, -0.1) is 0 Å². The van der Waals surface area contributed by atoms with Gasteiger partial charge in [-0.3, -0.25) is 14.5 Å². The topological polar surface area (TPSA) is 105 Å². The van der Waals surface area contributed by atoms with E-state index in [0.717, 1.165) is 13.1 Å². The summed E-state index contributed by atoms with van der Waals surface area (Å²) in [6.45, 7) is 7.22. The van der Waals surface area contributed by atoms with Gasteiger partial charge in [0, 0.05) is 50.9 Å². The van der Waals surface area contributed by atoms with E-state index >= 15 is 0 Å². The van der Waals surface area contributed by atoms with Crippen molar-refractivity contribution in [2.45, 2.75) is 13.8 Å². The molecule has 1 aliphatic heterocycles. The zero-order valence-corrected chi connectivity index (χ0v) is 18.7. The Morgan fingerprint density at radius 3 is 2.53 bits per heavy atom. The van der Waals surface area contributed by atoms with Gasteiger partial charge >= 0.3 is 0 Å². The second-order valence-corrected chi connectivity index (χ2v) is 8.06. The molecule has 0 unspecified atom stereocenters. The van der Waals surface area contributed by atoms with Crippen LogP contribution in [0, 0.1) is 13.8 Å². The van der Waals surface area contributed by atoms with Gasteiger partial charge in [0.15, 0.2) is 5.69 Å². The van der Waals surface area contributed by atoms with Gasteiger partial charge in [-0.05, 0) is 19.9 Å². The molecule has 1 fully saturated rings. The van der Waals surface area contributed by atoms with Crippen molar-refractivity contribution in [2.75, 3.05) is 39.3 Å². The zero-order chi connectivity index (χ0) is 22.7. The smallest absolute Gasteiger partial charge is 0.276 e. The molecule has 0 atom stereocenters. The lowest BCUT2D eigenvalue weighted by molar-refractivity contribution is 0.0628. The Balaban J connectivity index is 1.29. The zero-order valence-electron chi connectivity index (χ0n) is 17.9. The summed E-state index contributed by atoms with van der Waals surface area (Å²) in [5.41, 5.74) is 1.80. The van der Waals surface area contributed by atoms with Crippen molar-refractivity contribution in [3.8, 4) is 11.3 Å². The molecule has 1 N–H and O–H groups in total. The van der Waals surface area contributed by atoms with Gasteiger partial charge in [0.05, 0.1) is 5.02 Å². The van der Waals surface area contributed by atoms with E-state index in [9.17, 15) is 9.59 Å². The third kappa shape index (κ3) is 4.68. The fraction of sp³-hybridized carbons (Fsp3) is 0.364. The highest BCUT2D eigenvalue weighted by atomic mass is 35.5. The quantitative estimate of drug-likeness (QED) is 0.606. The lowest BCUT2D eigenvalue weighted by Crippen LogP contribution is -2.50. The number of carbonyl (C=O) groups excluding carboxylic acids is 2. The van der Waals surface area contributed by atoms with Crippen LogP contribution in [0.4, 0.5) is 0 Å². The van der Waals surface area contributed by atoms with E-state index in [2.05, 4.69) is 20.5 Å². The van der Waals surface area contributed by atoms with Gasteiger partial charge in [0.2, 0.25) is 0 Å². The summed E-state index contributed by atoms with van der Waals surface area (Å²) in [6.07, 6.45) is 0. The fourth-order valence-corrected chi connectivity index (χ4v) is 3.92. The molecule has 2 amide bonds. The van der Waals surface area contributed by atoms with Gasteiger partial charge in [-0.2, -0.15) is 0 Å². The van der Waals surface area contributed by atoms with Crippen LogP contribution >= 0.6 is 11.6 Å². The maximum Gasteiger partial charge on any atom is 0.276 e. The van der Waals surface area contributed by atoms with Crippen LogP contribution in [0.5, 0.6) is 0 Å². The van der Waals surface area contributed by atoms with Crippen LogP contribution in [-0.4, -0.2) is 71.2 Å². The first-order chi connectivity index (χ1) is 15.4. The Morgan fingerprint density at radius 2 is 1.84 bits per heavy atom. The van der Waals surface area contributed by atoms with Crippen LogP contribution in [0.15, 0.2) is 39.4 Å². The second kappa shape index (κ2) is 9.54. The van der Waals surface area contributed by atoms with Gasteiger partial charge in [0.25, 0.3) is 11.8 Å². The Labute approximate surface area is 190 Å². The van der Waals surface area contributed by atoms with Gasteiger partial charge in [-0.1, -0.05) is 40.1 Å². The molecule has 0 radical (unpaired) electrons. The first-order valence-electron chi connectivity index (χ1n) is 10.4. The SMILES string of the molecule is Cc1cc(C(=O)N2CCN(CCNC(=O)c3c(-c4ccccc4Cl)noc3C)CC2)no1. The summed E-state index contributed by atoms with van der Waals surface area (Å²) in [7, 11) is 0. The molecule has 10 heteroatoms. The summed E-state index contributed by atoms with van der Waals surface area (Å²) < 4.78 is 10.3. The van der Waals surface area contributed by atoms with Crippen LogP contribution in [0.3, 0.4) is 0 Å². The van der Waals surface area contributed by atoms with Crippen molar-refractivity contribution in [3.05, 3.63) is 58.1 Å². The maximum atomic E-state index is 12.8. The number of halogens is 1. The molecule has 1 aromatic carbocycles. The predicted molar refractivity (Wildman–Crippen MR) is 118 cm³/mol. The standard InChI is InChI=1S/C22H24ClN5O4/c1-14-13-18(25-31-14)22(30)28-11-9-27(10-12-28)8-7-24-21(29)19-15(2)32-26-20(19)16-5-3-4-6-17(16)23/h3-6,13H,7-12H2,1-2H3,(H,24,29). The molecule has 1 saturated heterocycles. The number of aromatic nitrogens is 2. The second-order valence-electron chi connectivity index (χ2n) is 7.65. The minimum atomic E-state index is -0.256. The number of hydrogen-bond acceptors (Lipinski definition) is 7. The number of nitrogens with one attached hydrogen (secondary N) is 1. The van der Waals surface area contributed by atoms with Gasteiger partial charge in [-0.25, -0.2) is 0 Å². The van der Waals surface area contributed by atoms with Crippen LogP contribution in [0.2, 0.25) is 5.02 Å². The minimum absolute atomic E-state index is 0.121. The third-order valence-electron chi connectivity index (χ3n) is 5.44. The monoisotopic (exact) mass is 457 g/mol. The highest BCUT2D eigenvalue weighted by Crippen LogP contribution is 2.30. The number of piperazine rings is 1. The normalized spacial score (nSPS) is 14.5. The molecule has 32 heavy (non-hydrogen) atoms. The molecule has 3 aromatic rings. The summed E-state index contributed by atoms with van der Waals surface area (Å²) in [5.74, 6) is 0.676. The Kier molecular flexibility index (Phi) is 6.57. The number of hydrogen-bond donors (Lipinski definition) is 1. The molecule has 168 valence electrons. The number of carbonyl (C=O) groups is 2. The summed E-state index contributed by atoms with van der Waals surface area (Å²) in [6, 6.07) is 8.85. The first-order valence-corrected chi connectivity index (χ1v) is 10.8. The third-order valence-corrected chi connectivity index (χ3v) is 5.77. The molecule has 1 aliphatic rings. The lowest BCUT2D eigenvalue weighted by atomic mass is 10.1. The average molecular weight is 458 g/mol. The highest BCUT2D eigenvalue weighted by Gasteiger charge is 2.25. The van der Waals surface area contributed by atoms with Crippen molar-refractivity contribution >= 4 is 23.4 Å². The molecule has 2 aromatic heterocycles. The van der Waals surface area contributed by atoms with E-state index < -0.39 is 0 Å². The summed E-state index contributed by atoms with van der Waals surface area (Å²) >= 11 is 6.27. The molecule has 9 nitrogen and oxygen atoms in total. The van der Waals surface area contributed by atoms with E-state index in [1.807, 2.05) is 12.1 Å². The van der Waals surface area contributed by atoms with Crippen molar-refractivity contribution in [2.24, 2.45) is 0 Å². The van der Waals surface area contributed by atoms with Crippen molar-refractivity contribution in [3.63, 3.8) is 0 Å². The fourth-order valence-electron chi connectivity index (χ4n) is 3.70. The van der Waals surface area contributed by atoms with E-state index in [1.54, 1.807) is 36.9 Å². The largest absolute Gasteiger partial charge is 0.361 e. The van der Waals surface area contributed by atoms with Crippen molar-refractivity contribution in [1.82, 2.24) is 25.4 Å². The molecular formula is C22H24ClN5O4.